The summed E-state index contributed by atoms with van der Waals surface area (Å²) in [6.07, 6.45) is -2.85. The zero-order valence-electron chi connectivity index (χ0n) is 11.0. The van der Waals surface area contributed by atoms with Crippen LogP contribution in [0.15, 0.2) is 34.3 Å². The third-order valence-electron chi connectivity index (χ3n) is 2.47. The van der Waals surface area contributed by atoms with Crippen LogP contribution in [0, 0.1) is 0 Å². The van der Waals surface area contributed by atoms with E-state index in [0.717, 1.165) is 0 Å². The van der Waals surface area contributed by atoms with Gasteiger partial charge in [-0.1, -0.05) is 13.0 Å². The Morgan fingerprint density at radius 1 is 1.48 bits per heavy atom. The van der Waals surface area contributed by atoms with Crippen molar-refractivity contribution in [1.29, 1.82) is 0 Å². The van der Waals surface area contributed by atoms with Crippen LogP contribution in [0.2, 0.25) is 0 Å². The van der Waals surface area contributed by atoms with Crippen LogP contribution in [0.5, 0.6) is 5.75 Å². The van der Waals surface area contributed by atoms with E-state index >= 15 is 0 Å². The highest BCUT2D eigenvalue weighted by molar-refractivity contribution is 9.10. The van der Waals surface area contributed by atoms with Crippen LogP contribution in [0.25, 0.3) is 0 Å². The van der Waals surface area contributed by atoms with Crippen LogP contribution in [-0.2, 0) is 4.79 Å². The molecule has 0 aliphatic rings. The summed E-state index contributed by atoms with van der Waals surface area (Å²) >= 11 is 2.98. The lowest BCUT2D eigenvalue weighted by atomic mass is 10.2. The number of benzene rings is 1. The fourth-order valence-electron chi connectivity index (χ4n) is 1.49. The van der Waals surface area contributed by atoms with Crippen LogP contribution in [0.1, 0.15) is 13.3 Å². The average Bonchev–Trinajstić information content (AvgIpc) is 2.36. The molecule has 4 nitrogen and oxygen atoms in total. The summed E-state index contributed by atoms with van der Waals surface area (Å²) in [7, 11) is 0. The Morgan fingerprint density at radius 2 is 2.14 bits per heavy atom. The number of rotatable bonds is 6. The van der Waals surface area contributed by atoms with E-state index in [1.165, 1.54) is 24.3 Å². The second-order valence-electron chi connectivity index (χ2n) is 3.96. The van der Waals surface area contributed by atoms with Gasteiger partial charge in [0.2, 0.25) is 0 Å². The molecule has 0 amide bonds. The first-order valence-electron chi connectivity index (χ1n) is 5.94. The lowest BCUT2D eigenvalue weighted by Crippen LogP contribution is -2.17. The van der Waals surface area contributed by atoms with Crippen molar-refractivity contribution < 1.29 is 27.8 Å². The Kier molecular flexibility index (Phi) is 6.07. The first-order valence-corrected chi connectivity index (χ1v) is 6.73. The van der Waals surface area contributed by atoms with Crippen molar-refractivity contribution in [3.8, 4) is 5.75 Å². The monoisotopic (exact) mass is 367 g/mol. The molecule has 0 spiro atoms. The molecule has 0 saturated heterocycles. The normalized spacial score (nSPS) is 12.1. The molecule has 116 valence electrons. The van der Waals surface area contributed by atoms with E-state index in [1.54, 1.807) is 6.92 Å². The maximum atomic E-state index is 12.1. The molecule has 2 N–H and O–H groups in total. The van der Waals surface area contributed by atoms with Gasteiger partial charge in [0, 0.05) is 17.8 Å². The molecular weight excluding hydrogens is 355 g/mol. The van der Waals surface area contributed by atoms with Crippen LogP contribution < -0.4 is 10.1 Å². The number of halogens is 4. The van der Waals surface area contributed by atoms with Crippen molar-refractivity contribution >= 4 is 27.6 Å². The van der Waals surface area contributed by atoms with Gasteiger partial charge >= 0.3 is 12.3 Å². The molecule has 0 aromatic heterocycles. The molecule has 0 unspecified atom stereocenters. The van der Waals surface area contributed by atoms with Gasteiger partial charge in [0.15, 0.2) is 0 Å². The van der Waals surface area contributed by atoms with E-state index in [4.69, 9.17) is 5.11 Å². The summed E-state index contributed by atoms with van der Waals surface area (Å²) in [6.45, 7) is 1.97. The highest BCUT2D eigenvalue weighted by atomic mass is 79.9. The van der Waals surface area contributed by atoms with Gasteiger partial charge < -0.3 is 15.2 Å². The minimum atomic E-state index is -4.75. The Morgan fingerprint density at radius 3 is 2.62 bits per heavy atom. The first kappa shape index (κ1) is 17.4. The number of carboxylic acid groups (broad SMARTS) is 1. The Bertz CT molecular complexity index is 544. The molecule has 0 fully saturated rings. The second kappa shape index (κ2) is 7.35. The number of anilines is 1. The van der Waals surface area contributed by atoms with E-state index in [9.17, 15) is 18.0 Å². The molecule has 21 heavy (non-hydrogen) atoms. The predicted octanol–water partition coefficient (Wildman–Crippen LogP) is 4.18. The van der Waals surface area contributed by atoms with Crippen molar-refractivity contribution in [2.75, 3.05) is 11.9 Å². The molecule has 1 rings (SSSR count). The number of hydrogen-bond acceptors (Lipinski definition) is 3. The molecule has 1 aromatic carbocycles. The Balaban J connectivity index is 2.70. The first-order chi connectivity index (χ1) is 9.73. The van der Waals surface area contributed by atoms with E-state index in [0.29, 0.717) is 12.1 Å². The molecular formula is C13H13BrF3NO3. The third-order valence-corrected chi connectivity index (χ3v) is 3.09. The maximum absolute atomic E-state index is 12.1. The van der Waals surface area contributed by atoms with Crippen molar-refractivity contribution in [3.05, 3.63) is 34.3 Å². The highest BCUT2D eigenvalue weighted by Crippen LogP contribution is 2.32. The summed E-state index contributed by atoms with van der Waals surface area (Å²) in [5, 5.41) is 11.7. The van der Waals surface area contributed by atoms with E-state index in [2.05, 4.69) is 26.0 Å². The van der Waals surface area contributed by atoms with E-state index in [-0.39, 0.29) is 22.3 Å². The Hall–Kier alpha value is -1.70. The summed E-state index contributed by atoms with van der Waals surface area (Å²) in [6, 6.07) is 3.99. The standard InChI is InChI=1S/C13H13BrF3NO3/c1-2-8(12(19)20)5-6-18-9-3-4-11(10(14)7-9)21-13(15,16)17/h3-5,7,18H,2,6H2,1H3,(H,19,20)/b8-5-. The lowest BCUT2D eigenvalue weighted by molar-refractivity contribution is -0.274. The molecule has 0 radical (unpaired) electrons. The number of ether oxygens (including phenoxy) is 1. The van der Waals surface area contributed by atoms with Gasteiger partial charge in [-0.05, 0) is 40.5 Å². The molecule has 1 aromatic rings. The van der Waals surface area contributed by atoms with Crippen LogP contribution in [0.3, 0.4) is 0 Å². The van der Waals surface area contributed by atoms with Gasteiger partial charge in [0.25, 0.3) is 0 Å². The zero-order valence-corrected chi connectivity index (χ0v) is 12.6. The number of carboxylic acids is 1. The molecule has 0 bridgehead atoms. The number of carbonyl (C=O) groups is 1. The summed E-state index contributed by atoms with van der Waals surface area (Å²) in [5.41, 5.74) is 0.798. The van der Waals surface area contributed by atoms with Crippen molar-refractivity contribution in [3.63, 3.8) is 0 Å². The fraction of sp³-hybridized carbons (Fsp3) is 0.308. The Labute approximate surface area is 127 Å². The van der Waals surface area contributed by atoms with Crippen LogP contribution in [0.4, 0.5) is 18.9 Å². The minimum absolute atomic E-state index is 0.141. The van der Waals surface area contributed by atoms with Gasteiger partial charge in [-0.25, -0.2) is 4.79 Å². The SMILES string of the molecule is CC/C(=C/CNc1ccc(OC(F)(F)F)c(Br)c1)C(=O)O. The van der Waals surface area contributed by atoms with Crippen molar-refractivity contribution in [1.82, 2.24) is 0 Å². The van der Waals surface area contributed by atoms with E-state index in [1.807, 2.05) is 0 Å². The van der Waals surface area contributed by atoms with Gasteiger partial charge in [-0.3, -0.25) is 0 Å². The summed E-state index contributed by atoms with van der Waals surface area (Å²) in [4.78, 5) is 10.8. The molecule has 0 atom stereocenters. The van der Waals surface area contributed by atoms with E-state index < -0.39 is 12.3 Å². The lowest BCUT2D eigenvalue weighted by Gasteiger charge is -2.12. The summed E-state index contributed by atoms with van der Waals surface area (Å²) in [5.74, 6) is -1.34. The number of nitrogens with one attached hydrogen (secondary N) is 1. The van der Waals surface area contributed by atoms with Gasteiger partial charge in [-0.15, -0.1) is 13.2 Å². The quantitative estimate of drug-likeness (QED) is 0.740. The fourth-order valence-corrected chi connectivity index (χ4v) is 1.95. The third kappa shape index (κ3) is 6.07. The van der Waals surface area contributed by atoms with Gasteiger partial charge in [0.05, 0.1) is 4.47 Å². The summed E-state index contributed by atoms with van der Waals surface area (Å²) < 4.78 is 40.3. The van der Waals surface area contributed by atoms with Crippen LogP contribution in [-0.4, -0.2) is 24.0 Å². The topological polar surface area (TPSA) is 58.6 Å². The largest absolute Gasteiger partial charge is 0.573 e. The molecule has 0 aliphatic heterocycles. The molecule has 0 saturated carbocycles. The second-order valence-corrected chi connectivity index (χ2v) is 4.82. The zero-order chi connectivity index (χ0) is 16.0. The number of alkyl halides is 3. The number of aliphatic carboxylic acids is 1. The maximum Gasteiger partial charge on any atom is 0.573 e. The van der Waals surface area contributed by atoms with Gasteiger partial charge in [0.1, 0.15) is 5.75 Å². The smallest absolute Gasteiger partial charge is 0.478 e. The van der Waals surface area contributed by atoms with Crippen molar-refractivity contribution in [2.24, 2.45) is 0 Å². The minimum Gasteiger partial charge on any atom is -0.478 e. The predicted molar refractivity (Wildman–Crippen MR) is 75.3 cm³/mol. The average molecular weight is 368 g/mol. The van der Waals surface area contributed by atoms with Gasteiger partial charge in [-0.2, -0.15) is 0 Å². The molecule has 8 heteroatoms. The van der Waals surface area contributed by atoms with Crippen molar-refractivity contribution in [2.45, 2.75) is 19.7 Å². The highest BCUT2D eigenvalue weighted by Gasteiger charge is 2.31. The molecule has 0 aliphatic carbocycles. The van der Waals surface area contributed by atoms with Crippen LogP contribution >= 0.6 is 15.9 Å². The number of hydrogen-bond donors (Lipinski definition) is 2. The molecule has 0 heterocycles.